The number of hydrogen-bond donors (Lipinski definition) is 1. The molecule has 1 aromatic carbocycles. The van der Waals surface area contributed by atoms with Crippen LogP contribution in [0.3, 0.4) is 0 Å². The molecule has 1 heterocycles. The van der Waals surface area contributed by atoms with E-state index in [-0.39, 0.29) is 6.04 Å². The van der Waals surface area contributed by atoms with E-state index in [1.807, 2.05) is 42.7 Å². The third-order valence-corrected chi connectivity index (χ3v) is 3.26. The molecule has 1 N–H and O–H groups in total. The van der Waals surface area contributed by atoms with Crippen molar-refractivity contribution in [2.75, 3.05) is 13.2 Å². The van der Waals surface area contributed by atoms with Crippen molar-refractivity contribution in [3.63, 3.8) is 0 Å². The molecule has 0 saturated carbocycles. The van der Waals surface area contributed by atoms with Gasteiger partial charge in [0.1, 0.15) is 18.2 Å². The van der Waals surface area contributed by atoms with Crippen molar-refractivity contribution < 1.29 is 4.74 Å². The van der Waals surface area contributed by atoms with E-state index in [9.17, 15) is 0 Å². The smallest absolute Gasteiger partial charge is 0.119 e. The highest BCUT2D eigenvalue weighted by Gasteiger charge is 2.12. The number of nitrogens with one attached hydrogen (secondary N) is 1. The Morgan fingerprint density at radius 2 is 2.05 bits per heavy atom. The first kappa shape index (κ1) is 14.6. The summed E-state index contributed by atoms with van der Waals surface area (Å²) in [5.41, 5.74) is 0. The fraction of sp³-hybridized carbons (Fsp3) is 0.438. The molecular formula is C16H23N3O. The predicted molar refractivity (Wildman–Crippen MR) is 81.0 cm³/mol. The van der Waals surface area contributed by atoms with Gasteiger partial charge in [-0.1, -0.05) is 25.1 Å². The van der Waals surface area contributed by atoms with Gasteiger partial charge in [0.2, 0.25) is 0 Å². The van der Waals surface area contributed by atoms with Crippen LogP contribution in [0.4, 0.5) is 0 Å². The molecule has 0 radical (unpaired) electrons. The van der Waals surface area contributed by atoms with Crippen molar-refractivity contribution in [3.05, 3.63) is 48.5 Å². The third-order valence-electron chi connectivity index (χ3n) is 3.26. The summed E-state index contributed by atoms with van der Waals surface area (Å²) in [6, 6.07) is 10.2. The Labute approximate surface area is 120 Å². The fourth-order valence-corrected chi connectivity index (χ4v) is 2.23. The van der Waals surface area contributed by atoms with Crippen molar-refractivity contribution in [2.24, 2.45) is 0 Å². The predicted octanol–water partition coefficient (Wildman–Crippen LogP) is 2.50. The van der Waals surface area contributed by atoms with Gasteiger partial charge in [-0.15, -0.1) is 0 Å². The quantitative estimate of drug-likeness (QED) is 0.803. The summed E-state index contributed by atoms with van der Waals surface area (Å²) in [5.74, 6) is 2.02. The minimum Gasteiger partial charge on any atom is -0.492 e. The first-order valence-corrected chi connectivity index (χ1v) is 7.24. The Bertz CT molecular complexity index is 495. The fourth-order valence-electron chi connectivity index (χ4n) is 2.23. The Kier molecular flexibility index (Phi) is 5.62. The maximum absolute atomic E-state index is 5.84. The van der Waals surface area contributed by atoms with E-state index in [1.54, 1.807) is 0 Å². The highest BCUT2D eigenvalue weighted by atomic mass is 16.5. The van der Waals surface area contributed by atoms with Crippen LogP contribution in [0.15, 0.2) is 42.7 Å². The molecule has 2 rings (SSSR count). The largest absolute Gasteiger partial charge is 0.492 e. The van der Waals surface area contributed by atoms with E-state index in [1.165, 1.54) is 0 Å². The summed E-state index contributed by atoms with van der Waals surface area (Å²) in [6.07, 6.45) is 4.76. The van der Waals surface area contributed by atoms with Crippen molar-refractivity contribution in [3.8, 4) is 5.75 Å². The number of ether oxygens (including phenoxy) is 1. The molecule has 1 unspecified atom stereocenters. The molecule has 1 atom stereocenters. The zero-order chi connectivity index (χ0) is 14.2. The lowest BCUT2D eigenvalue weighted by atomic mass is 10.2. The monoisotopic (exact) mass is 273 g/mol. The van der Waals surface area contributed by atoms with Gasteiger partial charge >= 0.3 is 0 Å². The second-order valence-electron chi connectivity index (χ2n) is 4.71. The summed E-state index contributed by atoms with van der Waals surface area (Å²) in [7, 11) is 0. The normalized spacial score (nSPS) is 12.3. The molecule has 0 aliphatic rings. The van der Waals surface area contributed by atoms with Crippen molar-refractivity contribution in [1.29, 1.82) is 0 Å². The van der Waals surface area contributed by atoms with Gasteiger partial charge in [-0.2, -0.15) is 0 Å². The lowest BCUT2D eigenvalue weighted by Crippen LogP contribution is -2.37. The van der Waals surface area contributed by atoms with Crippen LogP contribution >= 0.6 is 0 Å². The lowest BCUT2D eigenvalue weighted by molar-refractivity contribution is 0.262. The summed E-state index contributed by atoms with van der Waals surface area (Å²) in [6.45, 7) is 6.77. The molecule has 2 aromatic rings. The molecule has 4 nitrogen and oxygen atoms in total. The Morgan fingerprint density at radius 1 is 1.25 bits per heavy atom. The average Bonchev–Trinajstić information content (AvgIpc) is 2.93. The number of para-hydroxylation sites is 1. The standard InChI is InChI=1S/C16H23N3O/c1-3-17-14(12-16-18-10-11-19(16)4-2)13-20-15-8-6-5-7-9-15/h5-11,14,17H,3-4,12-13H2,1-2H3. The van der Waals surface area contributed by atoms with Crippen LogP contribution in [0.25, 0.3) is 0 Å². The number of hydrogen-bond acceptors (Lipinski definition) is 3. The number of rotatable bonds is 8. The van der Waals surface area contributed by atoms with Gasteiger partial charge in [0.05, 0.1) is 0 Å². The number of aryl methyl sites for hydroxylation is 1. The van der Waals surface area contributed by atoms with Crippen molar-refractivity contribution in [2.45, 2.75) is 32.9 Å². The average molecular weight is 273 g/mol. The number of benzene rings is 1. The Hall–Kier alpha value is -1.81. The number of nitrogens with zero attached hydrogens (tertiary/aromatic N) is 2. The topological polar surface area (TPSA) is 39.1 Å². The van der Waals surface area contributed by atoms with E-state index >= 15 is 0 Å². The van der Waals surface area contributed by atoms with Crippen LogP contribution in [0.1, 0.15) is 19.7 Å². The Morgan fingerprint density at radius 3 is 2.75 bits per heavy atom. The summed E-state index contributed by atoms with van der Waals surface area (Å²) >= 11 is 0. The zero-order valence-corrected chi connectivity index (χ0v) is 12.2. The van der Waals surface area contributed by atoms with Gasteiger partial charge in [0, 0.05) is 31.4 Å². The number of aromatic nitrogens is 2. The van der Waals surface area contributed by atoms with Crippen molar-refractivity contribution >= 4 is 0 Å². The molecular weight excluding hydrogens is 250 g/mol. The molecule has 1 aromatic heterocycles. The molecule has 20 heavy (non-hydrogen) atoms. The van der Waals surface area contributed by atoms with Crippen LogP contribution in [0, 0.1) is 0 Å². The zero-order valence-electron chi connectivity index (χ0n) is 12.2. The van der Waals surface area contributed by atoms with E-state index in [0.29, 0.717) is 6.61 Å². The van der Waals surface area contributed by atoms with Crippen LogP contribution in [-0.2, 0) is 13.0 Å². The molecule has 0 amide bonds. The summed E-state index contributed by atoms with van der Waals surface area (Å²) < 4.78 is 8.02. The first-order valence-electron chi connectivity index (χ1n) is 7.24. The molecule has 4 heteroatoms. The van der Waals surface area contributed by atoms with Gasteiger partial charge in [0.15, 0.2) is 0 Å². The first-order chi connectivity index (χ1) is 9.83. The highest BCUT2D eigenvalue weighted by Crippen LogP contribution is 2.10. The maximum atomic E-state index is 5.84. The molecule has 0 aliphatic heterocycles. The number of imidazole rings is 1. The summed E-state index contributed by atoms with van der Waals surface area (Å²) in [5, 5.41) is 3.46. The van der Waals surface area contributed by atoms with E-state index in [2.05, 4.69) is 28.7 Å². The minimum atomic E-state index is 0.271. The maximum Gasteiger partial charge on any atom is 0.119 e. The van der Waals surface area contributed by atoms with E-state index < -0.39 is 0 Å². The van der Waals surface area contributed by atoms with E-state index in [4.69, 9.17) is 4.74 Å². The number of likely N-dealkylation sites (N-methyl/N-ethyl adjacent to an activating group) is 1. The SMILES string of the molecule is CCNC(COc1ccccc1)Cc1nccn1CC. The van der Waals surface area contributed by atoms with Gasteiger partial charge in [0.25, 0.3) is 0 Å². The molecule has 0 bridgehead atoms. The Balaban J connectivity index is 1.93. The van der Waals surface area contributed by atoms with Gasteiger partial charge < -0.3 is 14.6 Å². The molecule has 0 aliphatic carbocycles. The molecule has 0 spiro atoms. The highest BCUT2D eigenvalue weighted by molar-refractivity contribution is 5.21. The van der Waals surface area contributed by atoms with Gasteiger partial charge in [-0.25, -0.2) is 4.98 Å². The van der Waals surface area contributed by atoms with Crippen LogP contribution in [-0.4, -0.2) is 28.7 Å². The molecule has 108 valence electrons. The molecule has 0 saturated heterocycles. The van der Waals surface area contributed by atoms with Crippen molar-refractivity contribution in [1.82, 2.24) is 14.9 Å². The third kappa shape index (κ3) is 4.10. The van der Waals surface area contributed by atoms with Crippen LogP contribution in [0.5, 0.6) is 5.75 Å². The van der Waals surface area contributed by atoms with Crippen LogP contribution < -0.4 is 10.1 Å². The lowest BCUT2D eigenvalue weighted by Gasteiger charge is -2.18. The second kappa shape index (κ2) is 7.70. The van der Waals surface area contributed by atoms with Gasteiger partial charge in [-0.3, -0.25) is 0 Å². The second-order valence-corrected chi connectivity index (χ2v) is 4.71. The minimum absolute atomic E-state index is 0.271. The van der Waals surface area contributed by atoms with Crippen LogP contribution in [0.2, 0.25) is 0 Å². The van der Waals surface area contributed by atoms with Gasteiger partial charge in [-0.05, 0) is 25.6 Å². The summed E-state index contributed by atoms with van der Waals surface area (Å²) in [4.78, 5) is 4.43. The molecule has 0 fully saturated rings. The van der Waals surface area contributed by atoms with E-state index in [0.717, 1.165) is 31.1 Å².